The molecule has 0 N–H and O–H groups in total. The molecule has 0 radical (unpaired) electrons. The second-order valence-corrected chi connectivity index (χ2v) is 8.50. The van der Waals surface area contributed by atoms with Crippen molar-refractivity contribution in [2.45, 2.75) is 39.8 Å². The van der Waals surface area contributed by atoms with E-state index in [0.717, 1.165) is 12.1 Å². The van der Waals surface area contributed by atoms with Crippen LogP contribution in [0, 0.1) is 16.7 Å². The van der Waals surface area contributed by atoms with Crippen LogP contribution in [0.3, 0.4) is 0 Å². The van der Waals surface area contributed by atoms with Gasteiger partial charge >= 0.3 is 0 Å². The molecule has 2 rings (SSSR count). The highest BCUT2D eigenvalue weighted by Gasteiger charge is 2.32. The highest BCUT2D eigenvalue weighted by molar-refractivity contribution is 7.89. The van der Waals surface area contributed by atoms with E-state index in [0.29, 0.717) is 26.1 Å². The van der Waals surface area contributed by atoms with Crippen LogP contribution < -0.4 is 0 Å². The molecular formula is C15H24N4O3S. The molecule has 23 heavy (non-hydrogen) atoms. The molecule has 0 saturated carbocycles. The average molecular weight is 340 g/mol. The Morgan fingerprint density at radius 3 is 2.87 bits per heavy atom. The maximum absolute atomic E-state index is 12.5. The van der Waals surface area contributed by atoms with E-state index in [4.69, 9.17) is 10.00 Å². The summed E-state index contributed by atoms with van der Waals surface area (Å²) in [5, 5.41) is 13.2. The third-order valence-corrected chi connectivity index (χ3v) is 5.90. The van der Waals surface area contributed by atoms with Gasteiger partial charge in [-0.3, -0.25) is 4.68 Å². The first-order valence-corrected chi connectivity index (χ1v) is 9.41. The van der Waals surface area contributed by atoms with E-state index in [1.807, 2.05) is 13.1 Å². The standard InChI is InChI=1S/C15H24N4O3S/c1-4-18-10-13(9-17-18)14-11-19(6-7-22-14)23(20,21)8-5-15(2,3)12-16/h9-10,14H,4-8,11H2,1-3H3/t14-/m1/s1. The minimum Gasteiger partial charge on any atom is -0.371 e. The molecule has 1 aliphatic heterocycles. The zero-order valence-electron chi connectivity index (χ0n) is 13.9. The van der Waals surface area contributed by atoms with Gasteiger partial charge in [-0.1, -0.05) is 0 Å². The summed E-state index contributed by atoms with van der Waals surface area (Å²) >= 11 is 0. The maximum Gasteiger partial charge on any atom is 0.214 e. The Morgan fingerprint density at radius 1 is 1.52 bits per heavy atom. The molecule has 0 bridgehead atoms. The molecule has 0 aliphatic carbocycles. The monoisotopic (exact) mass is 340 g/mol. The van der Waals surface area contributed by atoms with E-state index in [1.54, 1.807) is 24.7 Å². The summed E-state index contributed by atoms with van der Waals surface area (Å²) in [4.78, 5) is 0. The lowest BCUT2D eigenvalue weighted by atomic mass is 9.93. The van der Waals surface area contributed by atoms with Gasteiger partial charge in [-0.05, 0) is 27.2 Å². The molecule has 1 aliphatic rings. The highest BCUT2D eigenvalue weighted by atomic mass is 32.2. The molecule has 1 atom stereocenters. The molecule has 0 spiro atoms. The number of hydrogen-bond donors (Lipinski definition) is 0. The summed E-state index contributed by atoms with van der Waals surface area (Å²) in [5.74, 6) is -0.0193. The van der Waals surface area contributed by atoms with Crippen molar-refractivity contribution in [3.05, 3.63) is 18.0 Å². The number of morpholine rings is 1. The first kappa shape index (κ1) is 17.9. The van der Waals surface area contributed by atoms with Crippen LogP contribution in [0.2, 0.25) is 0 Å². The van der Waals surface area contributed by atoms with E-state index in [-0.39, 0.29) is 11.9 Å². The van der Waals surface area contributed by atoms with Gasteiger partial charge in [0.1, 0.15) is 0 Å². The van der Waals surface area contributed by atoms with Gasteiger partial charge in [0.2, 0.25) is 10.0 Å². The molecule has 128 valence electrons. The van der Waals surface area contributed by atoms with Crippen molar-refractivity contribution in [2.24, 2.45) is 5.41 Å². The number of hydrogen-bond acceptors (Lipinski definition) is 5. The summed E-state index contributed by atoms with van der Waals surface area (Å²) in [6.45, 7) is 7.28. The number of aromatic nitrogens is 2. The van der Waals surface area contributed by atoms with Crippen molar-refractivity contribution in [1.29, 1.82) is 5.26 Å². The van der Waals surface area contributed by atoms with Gasteiger partial charge in [0.25, 0.3) is 0 Å². The van der Waals surface area contributed by atoms with E-state index in [2.05, 4.69) is 11.2 Å². The average Bonchev–Trinajstić information content (AvgIpc) is 3.02. The van der Waals surface area contributed by atoms with Gasteiger partial charge in [0.15, 0.2) is 0 Å². The molecule has 0 aromatic carbocycles. The van der Waals surface area contributed by atoms with Crippen LogP contribution in [0.5, 0.6) is 0 Å². The van der Waals surface area contributed by atoms with Crippen LogP contribution in [0.15, 0.2) is 12.4 Å². The fraction of sp³-hybridized carbons (Fsp3) is 0.733. The SMILES string of the molecule is CCn1cc([C@H]2CN(S(=O)(=O)CCC(C)(C)C#N)CCO2)cn1. The second kappa shape index (κ2) is 6.99. The molecule has 2 heterocycles. The van der Waals surface area contributed by atoms with E-state index in [1.165, 1.54) is 4.31 Å². The van der Waals surface area contributed by atoms with Crippen molar-refractivity contribution in [3.8, 4) is 6.07 Å². The van der Waals surface area contributed by atoms with Crippen molar-refractivity contribution >= 4 is 10.0 Å². The molecular weight excluding hydrogens is 316 g/mol. The summed E-state index contributed by atoms with van der Waals surface area (Å²) in [5.41, 5.74) is 0.255. The van der Waals surface area contributed by atoms with Crippen LogP contribution >= 0.6 is 0 Å². The Hall–Kier alpha value is -1.43. The lowest BCUT2D eigenvalue weighted by Crippen LogP contribution is -2.43. The minimum atomic E-state index is -3.39. The summed E-state index contributed by atoms with van der Waals surface area (Å²) in [6.07, 6.45) is 3.65. The van der Waals surface area contributed by atoms with Crippen LogP contribution in [0.4, 0.5) is 0 Å². The van der Waals surface area contributed by atoms with Gasteiger partial charge in [-0.15, -0.1) is 0 Å². The van der Waals surface area contributed by atoms with E-state index < -0.39 is 15.4 Å². The number of nitriles is 1. The number of ether oxygens (including phenoxy) is 1. The second-order valence-electron chi connectivity index (χ2n) is 6.41. The first-order chi connectivity index (χ1) is 10.8. The van der Waals surface area contributed by atoms with Crippen LogP contribution in [0.1, 0.15) is 38.9 Å². The molecule has 1 saturated heterocycles. The quantitative estimate of drug-likeness (QED) is 0.784. The third-order valence-electron chi connectivity index (χ3n) is 4.06. The van der Waals surface area contributed by atoms with E-state index >= 15 is 0 Å². The van der Waals surface area contributed by atoms with Gasteiger partial charge in [0.05, 0.1) is 36.1 Å². The van der Waals surface area contributed by atoms with Crippen molar-refractivity contribution in [3.63, 3.8) is 0 Å². The smallest absolute Gasteiger partial charge is 0.214 e. The van der Waals surface area contributed by atoms with Gasteiger partial charge in [0, 0.05) is 31.4 Å². The van der Waals surface area contributed by atoms with Gasteiger partial charge < -0.3 is 4.74 Å². The predicted molar refractivity (Wildman–Crippen MR) is 86.0 cm³/mol. The summed E-state index contributed by atoms with van der Waals surface area (Å²) < 4.78 is 34.0. The van der Waals surface area contributed by atoms with Crippen molar-refractivity contribution < 1.29 is 13.2 Å². The Balaban J connectivity index is 2.03. The zero-order chi connectivity index (χ0) is 17.1. The van der Waals surface area contributed by atoms with Crippen LogP contribution in [0.25, 0.3) is 0 Å². The lowest BCUT2D eigenvalue weighted by Gasteiger charge is -2.32. The number of aryl methyl sites for hydroxylation is 1. The Kier molecular flexibility index (Phi) is 5.45. The first-order valence-electron chi connectivity index (χ1n) is 7.80. The molecule has 1 fully saturated rings. The largest absolute Gasteiger partial charge is 0.371 e. The van der Waals surface area contributed by atoms with Crippen molar-refractivity contribution in [2.75, 3.05) is 25.4 Å². The molecule has 0 unspecified atom stereocenters. The Bertz CT molecular complexity index is 675. The van der Waals surface area contributed by atoms with Crippen LogP contribution in [-0.2, 0) is 21.3 Å². The molecule has 8 heteroatoms. The van der Waals surface area contributed by atoms with E-state index in [9.17, 15) is 8.42 Å². The fourth-order valence-electron chi connectivity index (χ4n) is 2.37. The van der Waals surface area contributed by atoms with Gasteiger partial charge in [-0.2, -0.15) is 14.7 Å². The minimum absolute atomic E-state index is 0.0193. The normalized spacial score (nSPS) is 20.3. The summed E-state index contributed by atoms with van der Waals surface area (Å²) in [6, 6.07) is 2.14. The summed E-state index contributed by atoms with van der Waals surface area (Å²) in [7, 11) is -3.39. The van der Waals surface area contributed by atoms with Crippen LogP contribution in [-0.4, -0.2) is 48.0 Å². The fourth-order valence-corrected chi connectivity index (χ4v) is 4.11. The number of sulfonamides is 1. The molecule has 7 nitrogen and oxygen atoms in total. The highest BCUT2D eigenvalue weighted by Crippen LogP contribution is 2.26. The topological polar surface area (TPSA) is 88.2 Å². The number of nitrogens with zero attached hydrogens (tertiary/aromatic N) is 4. The molecule has 1 aromatic rings. The van der Waals surface area contributed by atoms with Crippen molar-refractivity contribution in [1.82, 2.24) is 14.1 Å². The maximum atomic E-state index is 12.5. The zero-order valence-corrected chi connectivity index (χ0v) is 14.7. The molecule has 0 amide bonds. The lowest BCUT2D eigenvalue weighted by molar-refractivity contribution is -0.00263. The van der Waals surface area contributed by atoms with Gasteiger partial charge in [-0.25, -0.2) is 8.42 Å². The Morgan fingerprint density at radius 2 is 2.26 bits per heavy atom. The predicted octanol–water partition coefficient (Wildman–Crippen LogP) is 1.55. The Labute approximate surface area is 137 Å². The molecule has 1 aromatic heterocycles. The third kappa shape index (κ3) is 4.53. The number of rotatable bonds is 6.